The van der Waals surface area contributed by atoms with Crippen molar-refractivity contribution in [3.05, 3.63) is 64.1 Å². The lowest BCUT2D eigenvalue weighted by Crippen LogP contribution is -2.15. The van der Waals surface area contributed by atoms with Crippen molar-refractivity contribution in [2.75, 3.05) is 23.5 Å². The predicted molar refractivity (Wildman–Crippen MR) is 123 cm³/mol. The van der Waals surface area contributed by atoms with Crippen LogP contribution in [0, 0.1) is 6.92 Å². The van der Waals surface area contributed by atoms with Crippen LogP contribution in [0.15, 0.2) is 52.2 Å². The van der Waals surface area contributed by atoms with Gasteiger partial charge < -0.3 is 15.4 Å². The van der Waals surface area contributed by atoms with Crippen LogP contribution in [0.3, 0.4) is 0 Å². The van der Waals surface area contributed by atoms with Crippen molar-refractivity contribution in [3.63, 3.8) is 0 Å². The molecule has 9 heteroatoms. The van der Waals surface area contributed by atoms with Crippen LogP contribution in [0.5, 0.6) is 5.75 Å². The van der Waals surface area contributed by atoms with E-state index in [0.717, 1.165) is 9.90 Å². The first-order valence-corrected chi connectivity index (χ1v) is 11.2. The number of methoxy groups -OCH3 is 1. The van der Waals surface area contributed by atoms with Crippen molar-refractivity contribution in [1.82, 2.24) is 4.98 Å². The molecule has 2 amide bonds. The van der Waals surface area contributed by atoms with Gasteiger partial charge in [0.05, 0.1) is 25.0 Å². The average Bonchev–Trinajstić information content (AvgIpc) is 3.17. The Morgan fingerprint density at radius 2 is 1.97 bits per heavy atom. The van der Waals surface area contributed by atoms with Gasteiger partial charge in [-0.2, -0.15) is 0 Å². The summed E-state index contributed by atoms with van der Waals surface area (Å²) >= 11 is 8.82. The zero-order chi connectivity index (χ0) is 21.5. The smallest absolute Gasteiger partial charge is 0.234 e. The van der Waals surface area contributed by atoms with Crippen molar-refractivity contribution in [2.45, 2.75) is 17.7 Å². The Labute approximate surface area is 188 Å². The third-order valence-corrected chi connectivity index (χ3v) is 6.57. The highest BCUT2D eigenvalue weighted by molar-refractivity contribution is 8.01. The van der Waals surface area contributed by atoms with Gasteiger partial charge in [-0.3, -0.25) is 9.59 Å². The average molecular weight is 462 g/mol. The number of hydrogen-bond acceptors (Lipinski definition) is 6. The van der Waals surface area contributed by atoms with Crippen LogP contribution in [0.1, 0.15) is 11.3 Å². The minimum absolute atomic E-state index is 0.140. The normalized spacial score (nSPS) is 10.5. The number of hydrogen-bond donors (Lipinski definition) is 2. The maximum atomic E-state index is 12.3. The highest BCUT2D eigenvalue weighted by Crippen LogP contribution is 2.25. The molecule has 1 aromatic heterocycles. The Morgan fingerprint density at radius 3 is 2.77 bits per heavy atom. The van der Waals surface area contributed by atoms with E-state index in [0.29, 0.717) is 27.8 Å². The van der Waals surface area contributed by atoms with Gasteiger partial charge in [-0.05, 0) is 36.8 Å². The van der Waals surface area contributed by atoms with Crippen LogP contribution in [-0.2, 0) is 16.0 Å². The Bertz CT molecular complexity index is 1060. The summed E-state index contributed by atoms with van der Waals surface area (Å²) in [6.07, 6.45) is 0.152. The summed E-state index contributed by atoms with van der Waals surface area (Å²) in [6, 6.07) is 12.6. The second kappa shape index (κ2) is 10.5. The fourth-order valence-corrected chi connectivity index (χ4v) is 4.38. The number of carbonyl (C=O) groups excluding carboxylic acids is 2. The summed E-state index contributed by atoms with van der Waals surface area (Å²) < 4.78 is 5.88. The molecule has 0 saturated carbocycles. The summed E-state index contributed by atoms with van der Waals surface area (Å²) in [5.74, 6) is 0.589. The number of rotatable bonds is 8. The summed E-state index contributed by atoms with van der Waals surface area (Å²) in [7, 11) is 1.58. The van der Waals surface area contributed by atoms with E-state index in [2.05, 4.69) is 15.6 Å². The van der Waals surface area contributed by atoms with E-state index < -0.39 is 0 Å². The molecule has 2 N–H and O–H groups in total. The van der Waals surface area contributed by atoms with Gasteiger partial charge in [-0.1, -0.05) is 35.5 Å². The number of ether oxygens (including phenoxy) is 1. The van der Waals surface area contributed by atoms with Gasteiger partial charge in [0.2, 0.25) is 11.8 Å². The van der Waals surface area contributed by atoms with E-state index in [9.17, 15) is 9.59 Å². The van der Waals surface area contributed by atoms with Crippen LogP contribution < -0.4 is 15.4 Å². The van der Waals surface area contributed by atoms with Crippen LogP contribution in [0.25, 0.3) is 0 Å². The molecule has 6 nitrogen and oxygen atoms in total. The van der Waals surface area contributed by atoms with Gasteiger partial charge in [0, 0.05) is 27.8 Å². The molecule has 3 aromatic rings. The quantitative estimate of drug-likeness (QED) is 0.460. The highest BCUT2D eigenvalue weighted by atomic mass is 35.5. The number of carbonyl (C=O) groups is 2. The van der Waals surface area contributed by atoms with Gasteiger partial charge in [-0.25, -0.2) is 4.98 Å². The van der Waals surface area contributed by atoms with Crippen molar-refractivity contribution in [1.29, 1.82) is 0 Å². The number of amides is 2. The number of nitrogens with one attached hydrogen (secondary N) is 2. The third-order valence-electron chi connectivity index (χ3n) is 4.09. The van der Waals surface area contributed by atoms with Crippen LogP contribution in [0.2, 0.25) is 5.02 Å². The molecule has 0 aliphatic carbocycles. The fraction of sp³-hybridized carbons (Fsp3) is 0.190. The van der Waals surface area contributed by atoms with E-state index >= 15 is 0 Å². The van der Waals surface area contributed by atoms with Crippen LogP contribution >= 0.6 is 34.7 Å². The van der Waals surface area contributed by atoms with E-state index in [1.165, 1.54) is 23.1 Å². The largest absolute Gasteiger partial charge is 0.497 e. The maximum absolute atomic E-state index is 12.3. The standard InChI is InChI=1S/C21H20ClN3O3S2/c1-13-17(22)7-4-8-18(13)25-19(26)10-15-11-29-21(24-15)30-12-20(27)23-14-5-3-6-16(9-14)28-2/h3-9,11H,10,12H2,1-2H3,(H,23,27)(H,25,26). The van der Waals surface area contributed by atoms with Gasteiger partial charge in [-0.15, -0.1) is 11.3 Å². The van der Waals surface area contributed by atoms with E-state index in [4.69, 9.17) is 16.3 Å². The molecule has 0 aliphatic heterocycles. The maximum Gasteiger partial charge on any atom is 0.234 e. The Morgan fingerprint density at radius 1 is 1.17 bits per heavy atom. The lowest BCUT2D eigenvalue weighted by atomic mass is 10.2. The monoisotopic (exact) mass is 461 g/mol. The lowest BCUT2D eigenvalue weighted by molar-refractivity contribution is -0.116. The number of thioether (sulfide) groups is 1. The van der Waals surface area contributed by atoms with Gasteiger partial charge in [0.1, 0.15) is 5.75 Å². The number of anilines is 2. The molecule has 0 unspecified atom stereocenters. The molecule has 1 heterocycles. The number of nitrogens with zero attached hydrogens (tertiary/aromatic N) is 1. The van der Waals surface area contributed by atoms with Crippen molar-refractivity contribution in [3.8, 4) is 5.75 Å². The molecule has 0 spiro atoms. The van der Waals surface area contributed by atoms with Crippen molar-refractivity contribution in [2.24, 2.45) is 0 Å². The number of thiazole rings is 1. The SMILES string of the molecule is COc1cccc(NC(=O)CSc2nc(CC(=O)Nc3cccc(Cl)c3C)cs2)c1. The number of aromatic nitrogens is 1. The second-order valence-electron chi connectivity index (χ2n) is 6.31. The Hall–Kier alpha value is -2.55. The molecule has 0 bridgehead atoms. The number of benzene rings is 2. The Balaban J connectivity index is 1.49. The molecule has 0 fully saturated rings. The molecular weight excluding hydrogens is 442 g/mol. The molecular formula is C21H20ClN3O3S2. The highest BCUT2D eigenvalue weighted by Gasteiger charge is 2.12. The minimum atomic E-state index is -0.169. The first-order valence-electron chi connectivity index (χ1n) is 9.00. The third kappa shape index (κ3) is 6.22. The molecule has 156 valence electrons. The summed E-state index contributed by atoms with van der Waals surface area (Å²) in [5, 5.41) is 8.11. The summed E-state index contributed by atoms with van der Waals surface area (Å²) in [4.78, 5) is 28.9. The zero-order valence-corrected chi connectivity index (χ0v) is 18.8. The van der Waals surface area contributed by atoms with E-state index in [1.54, 1.807) is 31.4 Å². The lowest BCUT2D eigenvalue weighted by Gasteiger charge is -2.08. The molecule has 0 atom stereocenters. The topological polar surface area (TPSA) is 80.3 Å². The molecule has 0 saturated heterocycles. The fourth-order valence-electron chi connectivity index (χ4n) is 2.56. The first kappa shape index (κ1) is 22.1. The predicted octanol–water partition coefficient (Wildman–Crippen LogP) is 5.03. The molecule has 3 rings (SSSR count). The second-order valence-corrected chi connectivity index (χ2v) is 8.80. The molecule has 0 aliphatic rings. The summed E-state index contributed by atoms with van der Waals surface area (Å²) in [5.41, 5.74) is 2.84. The van der Waals surface area contributed by atoms with Gasteiger partial charge in [0.25, 0.3) is 0 Å². The first-order chi connectivity index (χ1) is 14.4. The van der Waals surface area contributed by atoms with Gasteiger partial charge >= 0.3 is 0 Å². The zero-order valence-electron chi connectivity index (χ0n) is 16.4. The van der Waals surface area contributed by atoms with E-state index in [1.807, 2.05) is 30.5 Å². The summed E-state index contributed by atoms with van der Waals surface area (Å²) in [6.45, 7) is 1.85. The molecule has 2 aromatic carbocycles. The van der Waals surface area contributed by atoms with Crippen LogP contribution in [-0.4, -0.2) is 29.7 Å². The van der Waals surface area contributed by atoms with Crippen LogP contribution in [0.4, 0.5) is 11.4 Å². The minimum Gasteiger partial charge on any atom is -0.497 e. The number of halogens is 1. The van der Waals surface area contributed by atoms with Crippen molar-refractivity contribution >= 4 is 57.9 Å². The molecule has 0 radical (unpaired) electrons. The van der Waals surface area contributed by atoms with E-state index in [-0.39, 0.29) is 24.0 Å². The molecule has 30 heavy (non-hydrogen) atoms. The Kier molecular flexibility index (Phi) is 7.73. The van der Waals surface area contributed by atoms with Crippen molar-refractivity contribution < 1.29 is 14.3 Å². The van der Waals surface area contributed by atoms with Gasteiger partial charge in [0.15, 0.2) is 4.34 Å².